The second-order valence-electron chi connectivity index (χ2n) is 8.01. The predicted octanol–water partition coefficient (Wildman–Crippen LogP) is 7.35. The van der Waals surface area contributed by atoms with Crippen LogP contribution < -0.4 is 5.32 Å². The summed E-state index contributed by atoms with van der Waals surface area (Å²) in [5, 5.41) is 3.73. The zero-order valence-electron chi connectivity index (χ0n) is 17.0. The SMILES string of the molecule is CCCCCCCCC(CCCCCCC)CNCCC(C)C. The van der Waals surface area contributed by atoms with Crippen molar-refractivity contribution in [1.29, 1.82) is 0 Å². The van der Waals surface area contributed by atoms with Crippen molar-refractivity contribution in [2.24, 2.45) is 11.8 Å². The number of hydrogen-bond acceptors (Lipinski definition) is 1. The molecule has 0 saturated carbocycles. The summed E-state index contributed by atoms with van der Waals surface area (Å²) in [6, 6.07) is 0. The van der Waals surface area contributed by atoms with Crippen LogP contribution in [0.2, 0.25) is 0 Å². The first-order valence-electron chi connectivity index (χ1n) is 10.9. The van der Waals surface area contributed by atoms with Gasteiger partial charge in [0, 0.05) is 0 Å². The summed E-state index contributed by atoms with van der Waals surface area (Å²) in [6.07, 6.45) is 20.0. The van der Waals surface area contributed by atoms with Crippen molar-refractivity contribution in [3.05, 3.63) is 0 Å². The maximum Gasteiger partial charge on any atom is -0.00205 e. The second-order valence-corrected chi connectivity index (χ2v) is 8.01. The van der Waals surface area contributed by atoms with Gasteiger partial charge in [-0.1, -0.05) is 98.3 Å². The molecule has 0 rings (SSSR count). The van der Waals surface area contributed by atoms with Crippen LogP contribution in [0.4, 0.5) is 0 Å². The number of hydrogen-bond donors (Lipinski definition) is 1. The normalized spacial score (nSPS) is 12.9. The molecule has 0 heterocycles. The molecule has 0 aromatic heterocycles. The van der Waals surface area contributed by atoms with Gasteiger partial charge in [-0.3, -0.25) is 0 Å². The van der Waals surface area contributed by atoms with Gasteiger partial charge in [0.25, 0.3) is 0 Å². The van der Waals surface area contributed by atoms with Crippen LogP contribution in [0.25, 0.3) is 0 Å². The van der Waals surface area contributed by atoms with E-state index in [-0.39, 0.29) is 0 Å². The largest absolute Gasteiger partial charge is 0.316 e. The van der Waals surface area contributed by atoms with E-state index in [9.17, 15) is 0 Å². The lowest BCUT2D eigenvalue weighted by atomic mass is 9.94. The van der Waals surface area contributed by atoms with Crippen LogP contribution >= 0.6 is 0 Å². The van der Waals surface area contributed by atoms with E-state index in [4.69, 9.17) is 0 Å². The quantitative estimate of drug-likeness (QED) is 0.260. The minimum atomic E-state index is 0.827. The van der Waals surface area contributed by atoms with E-state index in [0.717, 1.165) is 11.8 Å². The minimum Gasteiger partial charge on any atom is -0.316 e. The van der Waals surface area contributed by atoms with Gasteiger partial charge in [0.15, 0.2) is 0 Å². The highest BCUT2D eigenvalue weighted by Crippen LogP contribution is 2.18. The molecule has 0 radical (unpaired) electrons. The van der Waals surface area contributed by atoms with Gasteiger partial charge in [-0.15, -0.1) is 0 Å². The van der Waals surface area contributed by atoms with Crippen molar-refractivity contribution in [2.45, 2.75) is 118 Å². The fourth-order valence-corrected chi connectivity index (χ4v) is 3.30. The lowest BCUT2D eigenvalue weighted by Gasteiger charge is -2.18. The third kappa shape index (κ3) is 18.1. The molecular formula is C22H47N. The van der Waals surface area contributed by atoms with Crippen LogP contribution in [0.1, 0.15) is 118 Å². The molecule has 0 aromatic rings. The number of nitrogens with one attached hydrogen (secondary N) is 1. The summed E-state index contributed by atoms with van der Waals surface area (Å²) in [4.78, 5) is 0. The van der Waals surface area contributed by atoms with Crippen molar-refractivity contribution < 1.29 is 0 Å². The Morgan fingerprint density at radius 1 is 0.609 bits per heavy atom. The molecule has 0 amide bonds. The van der Waals surface area contributed by atoms with E-state index < -0.39 is 0 Å². The molecule has 0 bridgehead atoms. The van der Waals surface area contributed by atoms with E-state index in [0.29, 0.717) is 0 Å². The Morgan fingerprint density at radius 3 is 1.57 bits per heavy atom. The first kappa shape index (κ1) is 23.0. The molecule has 1 N–H and O–H groups in total. The Morgan fingerprint density at radius 2 is 1.09 bits per heavy atom. The summed E-state index contributed by atoms with van der Waals surface area (Å²) in [7, 11) is 0. The number of rotatable bonds is 18. The lowest BCUT2D eigenvalue weighted by Crippen LogP contribution is -2.24. The summed E-state index contributed by atoms with van der Waals surface area (Å²) >= 11 is 0. The molecule has 1 heteroatoms. The van der Waals surface area contributed by atoms with Gasteiger partial charge in [-0.2, -0.15) is 0 Å². The Kier molecular flexibility index (Phi) is 18.3. The molecule has 1 unspecified atom stereocenters. The van der Waals surface area contributed by atoms with Crippen LogP contribution in [0, 0.1) is 11.8 Å². The van der Waals surface area contributed by atoms with Gasteiger partial charge >= 0.3 is 0 Å². The first-order valence-corrected chi connectivity index (χ1v) is 10.9. The Bertz CT molecular complexity index is 212. The molecule has 1 nitrogen and oxygen atoms in total. The fraction of sp³-hybridized carbons (Fsp3) is 1.00. The maximum absolute atomic E-state index is 3.73. The van der Waals surface area contributed by atoms with Gasteiger partial charge < -0.3 is 5.32 Å². The molecule has 23 heavy (non-hydrogen) atoms. The molecule has 0 saturated heterocycles. The van der Waals surface area contributed by atoms with Crippen LogP contribution in [-0.2, 0) is 0 Å². The lowest BCUT2D eigenvalue weighted by molar-refractivity contribution is 0.376. The van der Waals surface area contributed by atoms with Gasteiger partial charge in [-0.25, -0.2) is 0 Å². The molecule has 1 atom stereocenters. The van der Waals surface area contributed by atoms with Crippen molar-refractivity contribution in [1.82, 2.24) is 5.32 Å². The monoisotopic (exact) mass is 325 g/mol. The van der Waals surface area contributed by atoms with Gasteiger partial charge in [-0.05, 0) is 44.2 Å². The first-order chi connectivity index (χ1) is 11.2. The summed E-state index contributed by atoms with van der Waals surface area (Å²) < 4.78 is 0. The van der Waals surface area contributed by atoms with Crippen molar-refractivity contribution in [3.63, 3.8) is 0 Å². The molecule has 0 aliphatic rings. The molecule has 0 fully saturated rings. The summed E-state index contributed by atoms with van der Waals surface area (Å²) in [5.74, 6) is 1.75. The van der Waals surface area contributed by atoms with Crippen LogP contribution in [0.3, 0.4) is 0 Å². The van der Waals surface area contributed by atoms with E-state index in [1.54, 1.807) is 0 Å². The van der Waals surface area contributed by atoms with E-state index in [1.807, 2.05) is 0 Å². The molecular weight excluding hydrogens is 278 g/mol. The molecule has 0 aromatic carbocycles. The minimum absolute atomic E-state index is 0.827. The Labute approximate surface area is 148 Å². The zero-order chi connectivity index (χ0) is 17.2. The topological polar surface area (TPSA) is 12.0 Å². The Balaban J connectivity index is 3.77. The van der Waals surface area contributed by atoms with E-state index in [2.05, 4.69) is 33.0 Å². The maximum atomic E-state index is 3.73. The highest BCUT2D eigenvalue weighted by Gasteiger charge is 2.08. The van der Waals surface area contributed by atoms with Crippen molar-refractivity contribution in [2.75, 3.05) is 13.1 Å². The number of unbranched alkanes of at least 4 members (excludes halogenated alkanes) is 9. The molecule has 140 valence electrons. The third-order valence-corrected chi connectivity index (χ3v) is 5.01. The summed E-state index contributed by atoms with van der Waals surface area (Å²) in [6.45, 7) is 11.7. The standard InChI is InChI=1S/C22H47N/c1-5-7-9-11-13-15-17-22(16-14-12-10-8-6-2)20-23-19-18-21(3)4/h21-23H,5-20H2,1-4H3. The Hall–Kier alpha value is -0.0400. The van der Waals surface area contributed by atoms with E-state index >= 15 is 0 Å². The van der Waals surface area contributed by atoms with Gasteiger partial charge in [0.05, 0.1) is 0 Å². The second kappa shape index (κ2) is 18.3. The predicted molar refractivity (Wildman–Crippen MR) is 107 cm³/mol. The zero-order valence-corrected chi connectivity index (χ0v) is 17.0. The third-order valence-electron chi connectivity index (χ3n) is 5.01. The van der Waals surface area contributed by atoms with Crippen LogP contribution in [0.5, 0.6) is 0 Å². The smallest absolute Gasteiger partial charge is 0.00205 e. The fourth-order valence-electron chi connectivity index (χ4n) is 3.30. The van der Waals surface area contributed by atoms with Crippen molar-refractivity contribution >= 4 is 0 Å². The van der Waals surface area contributed by atoms with Crippen LogP contribution in [0.15, 0.2) is 0 Å². The van der Waals surface area contributed by atoms with Crippen molar-refractivity contribution in [3.8, 4) is 0 Å². The van der Waals surface area contributed by atoms with Gasteiger partial charge in [0.1, 0.15) is 0 Å². The van der Waals surface area contributed by atoms with Crippen LogP contribution in [-0.4, -0.2) is 13.1 Å². The average Bonchev–Trinajstić information content (AvgIpc) is 2.53. The average molecular weight is 326 g/mol. The summed E-state index contributed by atoms with van der Waals surface area (Å²) in [5.41, 5.74) is 0. The molecule has 0 aliphatic carbocycles. The van der Waals surface area contributed by atoms with Gasteiger partial charge in [0.2, 0.25) is 0 Å². The molecule has 0 aliphatic heterocycles. The molecule has 0 spiro atoms. The van der Waals surface area contributed by atoms with E-state index in [1.165, 1.54) is 103 Å². The highest BCUT2D eigenvalue weighted by molar-refractivity contribution is 4.64. The highest BCUT2D eigenvalue weighted by atomic mass is 14.9.